The molecule has 0 atom stereocenters. The van der Waals surface area contributed by atoms with Crippen molar-refractivity contribution in [3.63, 3.8) is 0 Å². The average molecular weight is 512 g/mol. The number of hydrogen-bond donors (Lipinski definition) is 2. The number of aliphatic imine (C=N–C) groups is 1. The first-order valence-corrected chi connectivity index (χ1v) is 10.3. The summed E-state index contributed by atoms with van der Waals surface area (Å²) in [5, 5.41) is 14.8. The molecule has 3 rings (SSSR count). The van der Waals surface area contributed by atoms with Crippen LogP contribution < -0.4 is 15.5 Å². The molecular formula is C20H33IN8. The lowest BCUT2D eigenvalue weighted by molar-refractivity contribution is 0.632. The molecule has 1 aliphatic heterocycles. The number of aromatic nitrogens is 4. The molecule has 2 N–H and O–H groups in total. The molecular weight excluding hydrogens is 479 g/mol. The van der Waals surface area contributed by atoms with Gasteiger partial charge < -0.3 is 20.1 Å². The molecule has 3 heterocycles. The van der Waals surface area contributed by atoms with E-state index >= 15 is 0 Å². The van der Waals surface area contributed by atoms with Gasteiger partial charge in [0.2, 0.25) is 0 Å². The fourth-order valence-electron chi connectivity index (χ4n) is 3.48. The lowest BCUT2D eigenvalue weighted by Crippen LogP contribution is -2.38. The SMILES string of the molecule is CCc1nncn1CCNC(=NC)NCc1ccnc(N2CCCCCC2)c1.I. The maximum Gasteiger partial charge on any atom is 0.191 e. The molecule has 0 amide bonds. The van der Waals surface area contributed by atoms with Crippen molar-refractivity contribution in [1.29, 1.82) is 0 Å². The van der Waals surface area contributed by atoms with E-state index < -0.39 is 0 Å². The van der Waals surface area contributed by atoms with Crippen LogP contribution in [-0.2, 0) is 19.5 Å². The van der Waals surface area contributed by atoms with Gasteiger partial charge in [-0.25, -0.2) is 4.98 Å². The Bertz CT molecular complexity index is 752. The van der Waals surface area contributed by atoms with Crippen LogP contribution in [-0.4, -0.2) is 52.4 Å². The monoisotopic (exact) mass is 512 g/mol. The number of pyridine rings is 1. The standard InChI is InChI=1S/C20H32N8.HI/c1-3-18-26-25-16-28(18)13-10-23-20(21-2)24-15-17-8-9-22-19(14-17)27-11-6-4-5-7-12-27;/h8-9,14,16H,3-7,10-13,15H2,1-2H3,(H2,21,23,24);1H. The average Bonchev–Trinajstić information content (AvgIpc) is 3.01. The maximum absolute atomic E-state index is 4.58. The molecule has 1 saturated heterocycles. The minimum Gasteiger partial charge on any atom is -0.357 e. The molecule has 9 heteroatoms. The predicted molar refractivity (Wildman–Crippen MR) is 128 cm³/mol. The van der Waals surface area contributed by atoms with Gasteiger partial charge in [-0.3, -0.25) is 4.99 Å². The minimum absolute atomic E-state index is 0. The number of nitrogens with zero attached hydrogens (tertiary/aromatic N) is 6. The molecule has 0 radical (unpaired) electrons. The quantitative estimate of drug-likeness (QED) is 0.337. The van der Waals surface area contributed by atoms with Gasteiger partial charge in [0.15, 0.2) is 5.96 Å². The third kappa shape index (κ3) is 7.13. The van der Waals surface area contributed by atoms with Gasteiger partial charge in [0.05, 0.1) is 0 Å². The Morgan fingerprint density at radius 2 is 1.97 bits per heavy atom. The van der Waals surface area contributed by atoms with Gasteiger partial charge in [0.1, 0.15) is 18.0 Å². The zero-order chi connectivity index (χ0) is 19.6. The molecule has 29 heavy (non-hydrogen) atoms. The van der Waals surface area contributed by atoms with Crippen LogP contribution in [0.2, 0.25) is 0 Å². The van der Waals surface area contributed by atoms with Crippen LogP contribution in [0.5, 0.6) is 0 Å². The Kier molecular flexibility index (Phi) is 10.2. The van der Waals surface area contributed by atoms with Crippen molar-refractivity contribution in [3.05, 3.63) is 36.0 Å². The molecule has 0 saturated carbocycles. The Labute approximate surface area is 190 Å². The predicted octanol–water partition coefficient (Wildman–Crippen LogP) is 2.60. The Morgan fingerprint density at radius 1 is 1.17 bits per heavy atom. The lowest BCUT2D eigenvalue weighted by Gasteiger charge is -2.22. The molecule has 8 nitrogen and oxygen atoms in total. The highest BCUT2D eigenvalue weighted by atomic mass is 127. The number of nitrogens with one attached hydrogen (secondary N) is 2. The molecule has 2 aromatic rings. The van der Waals surface area contributed by atoms with Gasteiger partial charge >= 0.3 is 0 Å². The van der Waals surface area contributed by atoms with Gasteiger partial charge in [0.25, 0.3) is 0 Å². The lowest BCUT2D eigenvalue weighted by atomic mass is 10.2. The molecule has 160 valence electrons. The van der Waals surface area contributed by atoms with Crippen molar-refractivity contribution in [2.75, 3.05) is 31.6 Å². The van der Waals surface area contributed by atoms with E-state index in [9.17, 15) is 0 Å². The summed E-state index contributed by atoms with van der Waals surface area (Å²) in [6.07, 6.45) is 9.74. The highest BCUT2D eigenvalue weighted by Crippen LogP contribution is 2.18. The van der Waals surface area contributed by atoms with Gasteiger partial charge in [-0.1, -0.05) is 19.8 Å². The summed E-state index contributed by atoms with van der Waals surface area (Å²) in [6, 6.07) is 4.25. The highest BCUT2D eigenvalue weighted by Gasteiger charge is 2.11. The minimum atomic E-state index is 0. The summed E-state index contributed by atoms with van der Waals surface area (Å²) in [7, 11) is 1.79. The molecule has 0 aliphatic carbocycles. The number of hydrogen-bond acceptors (Lipinski definition) is 5. The smallest absolute Gasteiger partial charge is 0.191 e. The van der Waals surface area contributed by atoms with Gasteiger partial charge in [-0.2, -0.15) is 0 Å². The first kappa shape index (κ1) is 23.4. The van der Waals surface area contributed by atoms with Gasteiger partial charge in [0, 0.05) is 52.4 Å². The number of guanidine groups is 1. The Morgan fingerprint density at radius 3 is 2.69 bits per heavy atom. The zero-order valence-corrected chi connectivity index (χ0v) is 19.8. The van der Waals surface area contributed by atoms with Crippen molar-refractivity contribution in [3.8, 4) is 0 Å². The Hall–Kier alpha value is -1.91. The summed E-state index contributed by atoms with van der Waals surface area (Å²) in [5.41, 5.74) is 1.21. The van der Waals surface area contributed by atoms with Crippen molar-refractivity contribution in [1.82, 2.24) is 30.4 Å². The highest BCUT2D eigenvalue weighted by molar-refractivity contribution is 14.0. The van der Waals surface area contributed by atoms with Crippen LogP contribution in [0.1, 0.15) is 44.0 Å². The largest absolute Gasteiger partial charge is 0.357 e. The van der Waals surface area contributed by atoms with E-state index in [1.807, 2.05) is 6.20 Å². The summed E-state index contributed by atoms with van der Waals surface area (Å²) < 4.78 is 2.07. The van der Waals surface area contributed by atoms with E-state index in [4.69, 9.17) is 0 Å². The number of aryl methyl sites for hydroxylation is 1. The second-order valence-electron chi connectivity index (χ2n) is 7.07. The van der Waals surface area contributed by atoms with Crippen LogP contribution in [0, 0.1) is 0 Å². The van der Waals surface area contributed by atoms with E-state index in [0.29, 0.717) is 0 Å². The molecule has 1 fully saturated rings. The number of rotatable bonds is 7. The van der Waals surface area contributed by atoms with Gasteiger partial charge in [-0.05, 0) is 30.5 Å². The normalized spacial score (nSPS) is 14.8. The summed E-state index contributed by atoms with van der Waals surface area (Å²) >= 11 is 0. The van der Waals surface area contributed by atoms with Crippen LogP contribution in [0.15, 0.2) is 29.6 Å². The summed E-state index contributed by atoms with van der Waals surface area (Å²) in [4.78, 5) is 11.3. The fraction of sp³-hybridized carbons (Fsp3) is 0.600. The van der Waals surface area contributed by atoms with Crippen molar-refractivity contribution >= 4 is 35.8 Å². The number of halogens is 1. The molecule has 0 bridgehead atoms. The van der Waals surface area contributed by atoms with Crippen molar-refractivity contribution in [2.45, 2.75) is 52.1 Å². The summed E-state index contributed by atoms with van der Waals surface area (Å²) in [5.74, 6) is 2.88. The van der Waals surface area contributed by atoms with Crippen LogP contribution in [0.4, 0.5) is 5.82 Å². The zero-order valence-electron chi connectivity index (χ0n) is 17.5. The molecule has 2 aromatic heterocycles. The molecule has 1 aliphatic rings. The van der Waals surface area contributed by atoms with Crippen LogP contribution >= 0.6 is 24.0 Å². The van der Waals surface area contributed by atoms with Gasteiger partial charge in [-0.15, -0.1) is 34.2 Å². The third-order valence-corrected chi connectivity index (χ3v) is 5.08. The molecule has 0 spiro atoms. The number of anilines is 1. The van der Waals surface area contributed by atoms with Crippen LogP contribution in [0.3, 0.4) is 0 Å². The first-order valence-electron chi connectivity index (χ1n) is 10.3. The topological polar surface area (TPSA) is 83.3 Å². The second-order valence-corrected chi connectivity index (χ2v) is 7.07. The first-order chi connectivity index (χ1) is 13.8. The van der Waals surface area contributed by atoms with E-state index in [1.165, 1.54) is 31.2 Å². The maximum atomic E-state index is 4.58. The van der Waals surface area contributed by atoms with Crippen LogP contribution in [0.25, 0.3) is 0 Å². The van der Waals surface area contributed by atoms with E-state index in [2.05, 4.69) is 59.3 Å². The van der Waals surface area contributed by atoms with E-state index in [1.54, 1.807) is 13.4 Å². The third-order valence-electron chi connectivity index (χ3n) is 5.08. The molecule has 0 aromatic carbocycles. The Balaban J connectivity index is 0.00000300. The van der Waals surface area contributed by atoms with E-state index in [0.717, 1.165) is 56.7 Å². The van der Waals surface area contributed by atoms with E-state index in [-0.39, 0.29) is 24.0 Å². The second kappa shape index (κ2) is 12.6. The fourth-order valence-corrected chi connectivity index (χ4v) is 3.48. The molecule has 0 unspecified atom stereocenters. The van der Waals surface area contributed by atoms with Crippen molar-refractivity contribution < 1.29 is 0 Å². The van der Waals surface area contributed by atoms with Crippen molar-refractivity contribution in [2.24, 2.45) is 4.99 Å². The summed E-state index contributed by atoms with van der Waals surface area (Å²) in [6.45, 7) is 6.59.